The van der Waals surface area contributed by atoms with E-state index in [0.717, 1.165) is 45.3 Å². The van der Waals surface area contributed by atoms with Crippen molar-refractivity contribution in [2.24, 2.45) is 0 Å². The van der Waals surface area contributed by atoms with Gasteiger partial charge >= 0.3 is 0 Å². The molecule has 0 N–H and O–H groups in total. The normalized spacial score (nSPS) is 12.3. The number of benzene rings is 6. The van der Waals surface area contributed by atoms with E-state index < -0.39 is 0 Å². The maximum absolute atomic E-state index is 10.8. The van der Waals surface area contributed by atoms with E-state index in [4.69, 9.17) is 0 Å². The Labute approximate surface area is 337 Å². The summed E-state index contributed by atoms with van der Waals surface area (Å²) in [4.78, 5) is 4.61. The van der Waals surface area contributed by atoms with E-state index in [-0.39, 0.29) is 21.7 Å². The van der Waals surface area contributed by atoms with Crippen molar-refractivity contribution >= 4 is 34.1 Å². The zero-order valence-electron chi connectivity index (χ0n) is 35.6. The summed E-state index contributed by atoms with van der Waals surface area (Å²) in [6.07, 6.45) is 0. The SMILES string of the molecule is Cc1cc(N(c2ccc(C(C)(C)C)cc2)c2ccc(C(C)(C)C)cc2)cc(N(c2ccc(C(C)(C)C)cc2)c2ccc(C(C)(C)c3ccccc3)cc2C#N)c1. The van der Waals surface area contributed by atoms with Crippen molar-refractivity contribution in [1.82, 2.24) is 0 Å². The molecule has 0 bridgehead atoms. The fraction of sp³-hybridized carbons (Fsp3) is 0.302. The predicted octanol–water partition coefficient (Wildman–Crippen LogP) is 15.0. The number of hydrogen-bond donors (Lipinski definition) is 0. The van der Waals surface area contributed by atoms with Gasteiger partial charge in [0.2, 0.25) is 0 Å². The Hall–Kier alpha value is -5.59. The fourth-order valence-electron chi connectivity index (χ4n) is 7.44. The predicted molar refractivity (Wildman–Crippen MR) is 240 cm³/mol. The first-order chi connectivity index (χ1) is 26.3. The molecule has 0 saturated carbocycles. The molecular formula is C53H59N3. The van der Waals surface area contributed by atoms with Crippen LogP contribution < -0.4 is 9.80 Å². The first-order valence-corrected chi connectivity index (χ1v) is 19.9. The Morgan fingerprint density at radius 3 is 1.20 bits per heavy atom. The summed E-state index contributed by atoms with van der Waals surface area (Å²) >= 11 is 0. The van der Waals surface area contributed by atoms with Crippen molar-refractivity contribution in [3.05, 3.63) is 178 Å². The molecule has 0 aliphatic heterocycles. The highest BCUT2D eigenvalue weighted by Gasteiger charge is 2.27. The third kappa shape index (κ3) is 8.46. The summed E-state index contributed by atoms with van der Waals surface area (Å²) in [5.41, 5.74) is 13.8. The van der Waals surface area contributed by atoms with Gasteiger partial charge in [0, 0.05) is 33.9 Å². The largest absolute Gasteiger partial charge is 0.310 e. The van der Waals surface area contributed by atoms with Crippen molar-refractivity contribution in [1.29, 1.82) is 5.26 Å². The molecule has 0 aliphatic rings. The van der Waals surface area contributed by atoms with Crippen LogP contribution >= 0.6 is 0 Å². The lowest BCUT2D eigenvalue weighted by Crippen LogP contribution is -2.20. The summed E-state index contributed by atoms with van der Waals surface area (Å²) in [6.45, 7) is 26.9. The highest BCUT2D eigenvalue weighted by Crippen LogP contribution is 2.44. The monoisotopic (exact) mass is 737 g/mol. The molecule has 0 heterocycles. The van der Waals surface area contributed by atoms with Gasteiger partial charge in [-0.2, -0.15) is 5.26 Å². The van der Waals surface area contributed by atoms with E-state index in [1.807, 2.05) is 6.07 Å². The van der Waals surface area contributed by atoms with E-state index in [0.29, 0.717) is 5.56 Å². The fourth-order valence-corrected chi connectivity index (χ4v) is 7.44. The molecule has 56 heavy (non-hydrogen) atoms. The molecule has 6 rings (SSSR count). The molecular weight excluding hydrogens is 679 g/mol. The van der Waals surface area contributed by atoms with Gasteiger partial charge in [-0.25, -0.2) is 0 Å². The van der Waals surface area contributed by atoms with Gasteiger partial charge in [-0.15, -0.1) is 0 Å². The Morgan fingerprint density at radius 1 is 0.393 bits per heavy atom. The van der Waals surface area contributed by atoms with E-state index >= 15 is 0 Å². The molecule has 0 aromatic heterocycles. The second-order valence-electron chi connectivity index (χ2n) is 18.9. The third-order valence-corrected chi connectivity index (χ3v) is 11.1. The molecule has 0 spiro atoms. The molecule has 0 aliphatic carbocycles. The van der Waals surface area contributed by atoms with Gasteiger partial charge in [0.05, 0.1) is 11.3 Å². The van der Waals surface area contributed by atoms with Crippen LogP contribution in [0.4, 0.5) is 34.1 Å². The summed E-state index contributed by atoms with van der Waals surface area (Å²) in [7, 11) is 0. The maximum Gasteiger partial charge on any atom is 0.101 e. The molecule has 0 unspecified atom stereocenters. The topological polar surface area (TPSA) is 30.3 Å². The zero-order valence-corrected chi connectivity index (χ0v) is 35.6. The Bertz CT molecular complexity index is 2260. The van der Waals surface area contributed by atoms with Crippen molar-refractivity contribution in [2.45, 2.75) is 105 Å². The van der Waals surface area contributed by atoms with E-state index in [1.165, 1.54) is 22.3 Å². The molecule has 286 valence electrons. The number of rotatable bonds is 8. The van der Waals surface area contributed by atoms with Crippen molar-refractivity contribution in [3.8, 4) is 6.07 Å². The second-order valence-corrected chi connectivity index (χ2v) is 18.9. The molecule has 0 radical (unpaired) electrons. The lowest BCUT2D eigenvalue weighted by atomic mass is 9.77. The van der Waals surface area contributed by atoms with Crippen LogP contribution in [0.2, 0.25) is 0 Å². The molecule has 0 atom stereocenters. The third-order valence-electron chi connectivity index (χ3n) is 11.1. The van der Waals surface area contributed by atoms with Crippen molar-refractivity contribution < 1.29 is 0 Å². The second kappa shape index (κ2) is 15.2. The summed E-state index contributed by atoms with van der Waals surface area (Å²) < 4.78 is 0. The summed E-state index contributed by atoms with van der Waals surface area (Å²) in [5, 5.41) is 10.8. The van der Waals surface area contributed by atoms with E-state index in [1.54, 1.807) is 0 Å². The smallest absolute Gasteiger partial charge is 0.101 e. The standard InChI is InChI=1S/C53H59N3/c1-37-32-47(55(44-25-18-39(19-26-44)50(2,3)4)45-27-20-40(21-28-45)51(5,6)7)35-48(33-37)56(46-29-22-41(23-30-46)52(8,9)10)49-31-24-43(34-38(49)36-54)53(11,12)42-16-14-13-15-17-42/h13-35H,1-12H3. The number of nitrogens with zero attached hydrogens (tertiary/aromatic N) is 3. The Balaban J connectivity index is 1.56. The quantitative estimate of drug-likeness (QED) is 0.156. The first kappa shape index (κ1) is 40.1. The van der Waals surface area contributed by atoms with Gasteiger partial charge in [0.1, 0.15) is 6.07 Å². The zero-order chi connectivity index (χ0) is 40.6. The van der Waals surface area contributed by atoms with E-state index in [2.05, 4.69) is 232 Å². The van der Waals surface area contributed by atoms with Gasteiger partial charge < -0.3 is 9.80 Å². The maximum atomic E-state index is 10.8. The average molecular weight is 738 g/mol. The van der Waals surface area contributed by atoms with Crippen LogP contribution in [0.5, 0.6) is 0 Å². The Kier molecular flexibility index (Phi) is 10.8. The molecule has 0 saturated heterocycles. The minimum absolute atomic E-state index is 0.00786. The van der Waals surface area contributed by atoms with Crippen LogP contribution in [0.15, 0.2) is 140 Å². The van der Waals surface area contributed by atoms with Crippen LogP contribution in [-0.2, 0) is 21.7 Å². The number of hydrogen-bond acceptors (Lipinski definition) is 3. The van der Waals surface area contributed by atoms with Crippen molar-refractivity contribution in [2.75, 3.05) is 9.80 Å². The summed E-state index contributed by atoms with van der Waals surface area (Å²) in [6, 6.07) is 53.1. The Morgan fingerprint density at radius 2 is 0.786 bits per heavy atom. The van der Waals surface area contributed by atoms with Gasteiger partial charge in [-0.05, 0) is 123 Å². The average Bonchev–Trinajstić information content (AvgIpc) is 3.15. The minimum Gasteiger partial charge on any atom is -0.310 e. The lowest BCUT2D eigenvalue weighted by molar-refractivity contribution is 0.590. The van der Waals surface area contributed by atoms with Gasteiger partial charge in [0.15, 0.2) is 0 Å². The van der Waals surface area contributed by atoms with Crippen LogP contribution in [0.3, 0.4) is 0 Å². The number of aryl methyl sites for hydroxylation is 1. The van der Waals surface area contributed by atoms with Crippen LogP contribution in [0, 0.1) is 18.3 Å². The van der Waals surface area contributed by atoms with Gasteiger partial charge in [0.25, 0.3) is 0 Å². The van der Waals surface area contributed by atoms with Crippen LogP contribution in [-0.4, -0.2) is 0 Å². The van der Waals surface area contributed by atoms with Gasteiger partial charge in [-0.1, -0.05) is 149 Å². The van der Waals surface area contributed by atoms with Crippen molar-refractivity contribution in [3.63, 3.8) is 0 Å². The van der Waals surface area contributed by atoms with Gasteiger partial charge in [-0.3, -0.25) is 0 Å². The molecule has 6 aromatic carbocycles. The summed E-state index contributed by atoms with van der Waals surface area (Å²) in [5.74, 6) is 0. The molecule has 0 amide bonds. The number of anilines is 6. The van der Waals surface area contributed by atoms with Crippen LogP contribution in [0.1, 0.15) is 115 Å². The minimum atomic E-state index is -0.285. The highest BCUT2D eigenvalue weighted by atomic mass is 15.2. The molecule has 3 heteroatoms. The number of nitriles is 1. The molecule has 3 nitrogen and oxygen atoms in total. The highest BCUT2D eigenvalue weighted by molar-refractivity contribution is 5.85. The van der Waals surface area contributed by atoms with Crippen LogP contribution in [0.25, 0.3) is 0 Å². The lowest BCUT2D eigenvalue weighted by Gasteiger charge is -2.32. The molecule has 0 fully saturated rings. The molecule has 6 aromatic rings. The first-order valence-electron chi connectivity index (χ1n) is 19.9. The van der Waals surface area contributed by atoms with E-state index in [9.17, 15) is 5.26 Å².